The van der Waals surface area contributed by atoms with Gasteiger partial charge < -0.3 is 29.6 Å². The number of nitrogens with one attached hydrogen (secondary N) is 3. The second-order valence-corrected chi connectivity index (χ2v) is 9.41. The Morgan fingerprint density at radius 3 is 2.57 bits per heavy atom. The molecule has 0 bridgehead atoms. The van der Waals surface area contributed by atoms with Crippen LogP contribution in [0.25, 0.3) is 0 Å². The number of hydrazone groups is 1. The summed E-state index contributed by atoms with van der Waals surface area (Å²) in [5, 5.41) is 18.5. The lowest BCUT2D eigenvalue weighted by Crippen LogP contribution is -2.45. The maximum atomic E-state index is 12.6. The summed E-state index contributed by atoms with van der Waals surface area (Å²) < 4.78 is 22.0. The SMILES string of the molecule is CCOC(=O)C1=C(C)NC(=O)N[C@H]1c1ccc(OCC(=O)N/N=C\c2ccc(OCc3ccccc3C#N)cc2)c(OC)c1. The van der Waals surface area contributed by atoms with Crippen LogP contribution in [0.15, 0.2) is 83.1 Å². The summed E-state index contributed by atoms with van der Waals surface area (Å²) in [5.74, 6) is 0.143. The number of carbonyl (C=O) groups is 3. The molecule has 12 nitrogen and oxygen atoms in total. The highest BCUT2D eigenvalue weighted by Crippen LogP contribution is 2.34. The lowest BCUT2D eigenvalue weighted by atomic mass is 9.95. The molecule has 1 atom stereocenters. The summed E-state index contributed by atoms with van der Waals surface area (Å²) in [6.07, 6.45) is 1.48. The van der Waals surface area contributed by atoms with Crippen molar-refractivity contribution < 1.29 is 33.3 Å². The number of carbonyl (C=O) groups excluding carboxylic acids is 3. The molecule has 4 rings (SSSR count). The van der Waals surface area contributed by atoms with Gasteiger partial charge in [0.05, 0.1) is 43.2 Å². The molecular weight excluding hydrogens is 566 g/mol. The molecular formula is C32H31N5O7. The molecule has 3 N–H and O–H groups in total. The Balaban J connectivity index is 1.31. The number of nitrogens with zero attached hydrogens (tertiary/aromatic N) is 2. The molecule has 0 aromatic heterocycles. The Kier molecular flexibility index (Phi) is 10.5. The minimum Gasteiger partial charge on any atom is -0.493 e. The van der Waals surface area contributed by atoms with Crippen molar-refractivity contribution in [2.45, 2.75) is 26.5 Å². The molecule has 0 radical (unpaired) electrons. The van der Waals surface area contributed by atoms with E-state index >= 15 is 0 Å². The van der Waals surface area contributed by atoms with Gasteiger partial charge in [-0.3, -0.25) is 4.79 Å². The summed E-state index contributed by atoms with van der Waals surface area (Å²) in [6.45, 7) is 3.42. The molecule has 3 amide bonds. The van der Waals surface area contributed by atoms with Gasteiger partial charge in [0, 0.05) is 11.3 Å². The van der Waals surface area contributed by atoms with E-state index in [1.807, 2.05) is 12.1 Å². The average Bonchev–Trinajstić information content (AvgIpc) is 3.03. The lowest BCUT2D eigenvalue weighted by molar-refractivity contribution is -0.139. The highest BCUT2D eigenvalue weighted by Gasteiger charge is 2.32. The van der Waals surface area contributed by atoms with E-state index in [9.17, 15) is 19.6 Å². The number of rotatable bonds is 12. The molecule has 12 heteroatoms. The van der Waals surface area contributed by atoms with Gasteiger partial charge in [-0.2, -0.15) is 10.4 Å². The van der Waals surface area contributed by atoms with E-state index in [2.05, 4.69) is 27.2 Å². The summed E-state index contributed by atoms with van der Waals surface area (Å²) in [4.78, 5) is 37.1. The third-order valence-electron chi connectivity index (χ3n) is 6.46. The average molecular weight is 598 g/mol. The summed E-state index contributed by atoms with van der Waals surface area (Å²) in [6, 6.07) is 20.1. The minimum absolute atomic E-state index is 0.181. The van der Waals surface area contributed by atoms with Crippen molar-refractivity contribution in [3.8, 4) is 23.3 Å². The maximum Gasteiger partial charge on any atom is 0.338 e. The van der Waals surface area contributed by atoms with Crippen LogP contribution in [0.3, 0.4) is 0 Å². The predicted molar refractivity (Wildman–Crippen MR) is 160 cm³/mol. The largest absolute Gasteiger partial charge is 0.493 e. The molecule has 0 aliphatic carbocycles. The zero-order valence-corrected chi connectivity index (χ0v) is 24.4. The van der Waals surface area contributed by atoms with E-state index in [0.717, 1.165) is 11.1 Å². The Labute approximate surface area is 254 Å². The fourth-order valence-corrected chi connectivity index (χ4v) is 4.33. The van der Waals surface area contributed by atoms with Gasteiger partial charge in [0.25, 0.3) is 5.91 Å². The number of amides is 3. The van der Waals surface area contributed by atoms with Crippen LogP contribution in [0.1, 0.15) is 42.1 Å². The fourth-order valence-electron chi connectivity index (χ4n) is 4.33. The van der Waals surface area contributed by atoms with Gasteiger partial charge in [-0.25, -0.2) is 15.0 Å². The van der Waals surface area contributed by atoms with Crippen LogP contribution < -0.4 is 30.3 Å². The molecule has 1 heterocycles. The number of ether oxygens (including phenoxy) is 4. The predicted octanol–water partition coefficient (Wildman–Crippen LogP) is 3.87. The highest BCUT2D eigenvalue weighted by molar-refractivity contribution is 5.95. The van der Waals surface area contributed by atoms with Crippen molar-refractivity contribution in [2.75, 3.05) is 20.3 Å². The van der Waals surface area contributed by atoms with Gasteiger partial charge in [0.2, 0.25) is 0 Å². The van der Waals surface area contributed by atoms with Crippen molar-refractivity contribution in [1.29, 1.82) is 5.26 Å². The lowest BCUT2D eigenvalue weighted by Gasteiger charge is -2.28. The number of esters is 1. The second kappa shape index (κ2) is 14.9. The molecule has 0 saturated heterocycles. The van der Waals surface area contributed by atoms with E-state index in [4.69, 9.17) is 18.9 Å². The summed E-state index contributed by atoms with van der Waals surface area (Å²) in [7, 11) is 1.44. The van der Waals surface area contributed by atoms with Crippen molar-refractivity contribution in [3.63, 3.8) is 0 Å². The highest BCUT2D eigenvalue weighted by atomic mass is 16.5. The van der Waals surface area contributed by atoms with Gasteiger partial charge in [-0.1, -0.05) is 24.3 Å². The minimum atomic E-state index is -0.774. The van der Waals surface area contributed by atoms with Crippen LogP contribution in [0.4, 0.5) is 4.79 Å². The molecule has 0 spiro atoms. The molecule has 0 unspecified atom stereocenters. The van der Waals surface area contributed by atoms with Crippen LogP contribution in [-0.2, 0) is 20.9 Å². The van der Waals surface area contributed by atoms with E-state index < -0.39 is 23.9 Å². The van der Waals surface area contributed by atoms with E-state index in [-0.39, 0.29) is 31.1 Å². The van der Waals surface area contributed by atoms with Crippen LogP contribution in [0.5, 0.6) is 17.2 Å². The normalized spacial score (nSPS) is 14.2. The Morgan fingerprint density at radius 1 is 1.07 bits per heavy atom. The van der Waals surface area contributed by atoms with Crippen molar-refractivity contribution in [1.82, 2.24) is 16.1 Å². The number of allylic oxidation sites excluding steroid dienone is 1. The van der Waals surface area contributed by atoms with Gasteiger partial charge >= 0.3 is 12.0 Å². The first-order chi connectivity index (χ1) is 21.3. The molecule has 44 heavy (non-hydrogen) atoms. The third kappa shape index (κ3) is 7.92. The van der Waals surface area contributed by atoms with Gasteiger partial charge in [0.15, 0.2) is 18.1 Å². The first-order valence-corrected chi connectivity index (χ1v) is 13.6. The molecule has 0 saturated carbocycles. The molecule has 3 aromatic carbocycles. The van der Waals surface area contributed by atoms with Crippen LogP contribution in [0.2, 0.25) is 0 Å². The first kappa shape index (κ1) is 31.1. The van der Waals surface area contributed by atoms with Crippen LogP contribution in [-0.4, -0.2) is 44.4 Å². The molecule has 0 fully saturated rings. The van der Waals surface area contributed by atoms with Gasteiger partial charge in [-0.05, 0) is 67.4 Å². The van der Waals surface area contributed by atoms with Gasteiger partial charge in [0.1, 0.15) is 12.4 Å². The topological polar surface area (TPSA) is 160 Å². The second-order valence-electron chi connectivity index (χ2n) is 9.41. The van der Waals surface area contributed by atoms with E-state index in [1.165, 1.54) is 13.3 Å². The monoisotopic (exact) mass is 597 g/mol. The third-order valence-corrected chi connectivity index (χ3v) is 6.46. The number of benzene rings is 3. The number of methoxy groups -OCH3 is 1. The van der Waals surface area contributed by atoms with E-state index in [0.29, 0.717) is 28.3 Å². The maximum absolute atomic E-state index is 12.6. The summed E-state index contributed by atoms with van der Waals surface area (Å²) in [5.41, 5.74) is 5.71. The van der Waals surface area contributed by atoms with E-state index in [1.54, 1.807) is 68.4 Å². The quantitative estimate of drug-likeness (QED) is 0.161. The number of urea groups is 1. The molecule has 1 aliphatic rings. The fraction of sp³-hybridized carbons (Fsp3) is 0.219. The van der Waals surface area contributed by atoms with Crippen LogP contribution in [0, 0.1) is 11.3 Å². The zero-order valence-electron chi connectivity index (χ0n) is 24.4. The number of hydrogen-bond donors (Lipinski definition) is 3. The molecule has 1 aliphatic heterocycles. The smallest absolute Gasteiger partial charge is 0.338 e. The number of hydrogen-bond acceptors (Lipinski definition) is 9. The van der Waals surface area contributed by atoms with Crippen molar-refractivity contribution in [2.24, 2.45) is 5.10 Å². The van der Waals surface area contributed by atoms with Crippen LogP contribution >= 0.6 is 0 Å². The Morgan fingerprint density at radius 2 is 1.84 bits per heavy atom. The van der Waals surface area contributed by atoms with Crippen molar-refractivity contribution in [3.05, 3.63) is 100 Å². The Hall–Kier alpha value is -5.83. The molecule has 3 aromatic rings. The first-order valence-electron chi connectivity index (χ1n) is 13.6. The Bertz CT molecular complexity index is 1630. The summed E-state index contributed by atoms with van der Waals surface area (Å²) >= 11 is 0. The standard InChI is InChI=1S/C32H31N5O7/c1-4-42-31(39)29-20(2)35-32(40)36-30(29)22-11-14-26(27(15-22)41-3)44-19-28(38)37-34-17-21-9-12-25(13-10-21)43-18-24-8-6-5-7-23(24)16-33/h5-15,17,30H,4,18-19H2,1-3H3,(H,37,38)(H2,35,36,40)/b34-17-/t30-/m0/s1. The molecule has 226 valence electrons. The van der Waals surface area contributed by atoms with Gasteiger partial charge in [-0.15, -0.1) is 0 Å². The van der Waals surface area contributed by atoms with Crippen molar-refractivity contribution >= 4 is 24.1 Å². The number of nitriles is 1. The zero-order chi connectivity index (χ0) is 31.5.